The molecule has 2 heterocycles. The number of rotatable bonds is 5. The van der Waals surface area contributed by atoms with Crippen LogP contribution in [-0.2, 0) is 13.6 Å². The van der Waals surface area contributed by atoms with Gasteiger partial charge in [0.1, 0.15) is 5.69 Å². The number of pyridine rings is 1. The van der Waals surface area contributed by atoms with E-state index in [2.05, 4.69) is 15.0 Å². The van der Waals surface area contributed by atoms with E-state index in [9.17, 15) is 4.79 Å². The van der Waals surface area contributed by atoms with Gasteiger partial charge in [0.2, 0.25) is 0 Å². The largest absolute Gasteiger partial charge is 0.369 e. The highest BCUT2D eigenvalue weighted by atomic mass is 16.1. The van der Waals surface area contributed by atoms with Crippen molar-refractivity contribution >= 4 is 11.5 Å². The summed E-state index contributed by atoms with van der Waals surface area (Å²) in [4.78, 5) is 17.8. The molecule has 0 aliphatic rings. The zero-order valence-corrected chi connectivity index (χ0v) is 11.5. The Hall–Kier alpha value is -2.17. The highest BCUT2D eigenvalue weighted by Crippen LogP contribution is 2.14. The monoisotopic (exact) mass is 258 g/mol. The van der Waals surface area contributed by atoms with Crippen molar-refractivity contribution in [2.45, 2.75) is 19.9 Å². The van der Waals surface area contributed by atoms with Crippen LogP contribution in [0.5, 0.6) is 0 Å². The Morgan fingerprint density at radius 2 is 2.16 bits per heavy atom. The average molecular weight is 258 g/mol. The van der Waals surface area contributed by atoms with Gasteiger partial charge in [-0.15, -0.1) is 0 Å². The lowest BCUT2D eigenvalue weighted by molar-refractivity contribution is 0.0983. The molecule has 0 unspecified atom stereocenters. The van der Waals surface area contributed by atoms with Crippen LogP contribution in [-0.4, -0.2) is 27.6 Å². The minimum Gasteiger partial charge on any atom is -0.369 e. The zero-order valence-electron chi connectivity index (χ0n) is 11.5. The van der Waals surface area contributed by atoms with Crippen LogP contribution in [0.3, 0.4) is 0 Å². The van der Waals surface area contributed by atoms with Crippen LogP contribution in [0.2, 0.25) is 0 Å². The summed E-state index contributed by atoms with van der Waals surface area (Å²) in [5.41, 5.74) is 2.65. The number of hydrogen-bond donors (Lipinski definition) is 0. The molecule has 0 atom stereocenters. The molecular weight excluding hydrogens is 240 g/mol. The Morgan fingerprint density at radius 3 is 2.68 bits per heavy atom. The first kappa shape index (κ1) is 13.3. The summed E-state index contributed by atoms with van der Waals surface area (Å²) in [7, 11) is 3.89. The van der Waals surface area contributed by atoms with E-state index in [1.165, 1.54) is 0 Å². The second kappa shape index (κ2) is 5.65. The zero-order chi connectivity index (χ0) is 13.8. The highest BCUT2D eigenvalue weighted by molar-refractivity contribution is 5.94. The number of Topliss-reactive ketones (excluding diaryl/α,β-unsaturated/α-hetero) is 1. The van der Waals surface area contributed by atoms with Crippen molar-refractivity contribution < 1.29 is 4.79 Å². The molecular formula is C14H18N4O. The van der Waals surface area contributed by atoms with Crippen LogP contribution in [0.15, 0.2) is 30.7 Å². The molecule has 0 saturated heterocycles. The molecule has 2 aromatic rings. The van der Waals surface area contributed by atoms with Crippen LogP contribution in [0.1, 0.15) is 29.4 Å². The molecule has 0 fully saturated rings. The lowest BCUT2D eigenvalue weighted by Gasteiger charge is -2.18. The Morgan fingerprint density at radius 1 is 1.37 bits per heavy atom. The summed E-state index contributed by atoms with van der Waals surface area (Å²) in [5.74, 6) is 0.0708. The van der Waals surface area contributed by atoms with Crippen LogP contribution >= 0.6 is 0 Å². The van der Waals surface area contributed by atoms with E-state index in [4.69, 9.17) is 0 Å². The van der Waals surface area contributed by atoms with Crippen molar-refractivity contribution in [1.29, 1.82) is 0 Å². The number of carbonyl (C=O) groups excluding carboxylic acids is 1. The van der Waals surface area contributed by atoms with Gasteiger partial charge < -0.3 is 4.90 Å². The fourth-order valence-corrected chi connectivity index (χ4v) is 1.88. The molecule has 0 aliphatic heterocycles. The summed E-state index contributed by atoms with van der Waals surface area (Å²) in [6, 6.07) is 3.70. The van der Waals surface area contributed by atoms with Crippen molar-refractivity contribution in [2.75, 3.05) is 11.9 Å². The van der Waals surface area contributed by atoms with Gasteiger partial charge in [0.15, 0.2) is 5.78 Å². The van der Waals surface area contributed by atoms with E-state index < -0.39 is 0 Å². The number of aryl methyl sites for hydroxylation is 1. The van der Waals surface area contributed by atoms with E-state index in [1.807, 2.05) is 39.5 Å². The van der Waals surface area contributed by atoms with Crippen molar-refractivity contribution in [3.05, 3.63) is 42.0 Å². The number of aromatic nitrogens is 3. The molecule has 0 saturated carbocycles. The number of hydrogen-bond acceptors (Lipinski definition) is 4. The number of anilines is 1. The predicted molar refractivity (Wildman–Crippen MR) is 74.2 cm³/mol. The minimum atomic E-state index is 0.0708. The van der Waals surface area contributed by atoms with E-state index in [1.54, 1.807) is 16.9 Å². The fraction of sp³-hybridized carbons (Fsp3) is 0.357. The molecule has 0 bridgehead atoms. The third-order valence-electron chi connectivity index (χ3n) is 2.97. The Balaban J connectivity index is 2.07. The summed E-state index contributed by atoms with van der Waals surface area (Å²) < 4.78 is 1.78. The van der Waals surface area contributed by atoms with E-state index in [0.29, 0.717) is 12.1 Å². The molecule has 0 aromatic carbocycles. The summed E-state index contributed by atoms with van der Waals surface area (Å²) in [5, 5.41) is 4.14. The molecule has 0 spiro atoms. The lowest BCUT2D eigenvalue weighted by Crippen LogP contribution is -2.16. The standard InChI is InChI=1S/C14H18N4O/c1-4-14(19)13-6-5-12(8-15-13)17(2)9-11-7-16-18(3)10-11/h5-8,10H,4,9H2,1-3H3. The Kier molecular flexibility index (Phi) is 3.94. The van der Waals surface area contributed by atoms with Crippen molar-refractivity contribution in [1.82, 2.24) is 14.8 Å². The highest BCUT2D eigenvalue weighted by Gasteiger charge is 2.07. The molecule has 19 heavy (non-hydrogen) atoms. The Bertz CT molecular complexity index is 559. The number of carbonyl (C=O) groups is 1. The molecule has 2 rings (SSSR count). The normalized spacial score (nSPS) is 10.5. The molecule has 2 aromatic heterocycles. The van der Waals surface area contributed by atoms with E-state index in [-0.39, 0.29) is 5.78 Å². The first-order valence-electron chi connectivity index (χ1n) is 6.28. The second-order valence-corrected chi connectivity index (χ2v) is 4.56. The van der Waals surface area contributed by atoms with Gasteiger partial charge in [-0.2, -0.15) is 5.10 Å². The van der Waals surface area contributed by atoms with E-state index in [0.717, 1.165) is 17.8 Å². The quantitative estimate of drug-likeness (QED) is 0.770. The maximum Gasteiger partial charge on any atom is 0.180 e. The first-order chi connectivity index (χ1) is 9.10. The predicted octanol–water partition coefficient (Wildman–Crippen LogP) is 2.04. The molecule has 100 valence electrons. The number of nitrogens with zero attached hydrogens (tertiary/aromatic N) is 4. The van der Waals surface area contributed by atoms with Crippen LogP contribution in [0.25, 0.3) is 0 Å². The maximum absolute atomic E-state index is 11.5. The van der Waals surface area contributed by atoms with Gasteiger partial charge in [-0.1, -0.05) is 6.92 Å². The lowest BCUT2D eigenvalue weighted by atomic mass is 10.2. The van der Waals surface area contributed by atoms with Gasteiger partial charge in [-0.05, 0) is 12.1 Å². The van der Waals surface area contributed by atoms with Crippen molar-refractivity contribution in [3.63, 3.8) is 0 Å². The third kappa shape index (κ3) is 3.19. The van der Waals surface area contributed by atoms with E-state index >= 15 is 0 Å². The molecule has 0 N–H and O–H groups in total. The SMILES string of the molecule is CCC(=O)c1ccc(N(C)Cc2cnn(C)c2)cn1. The van der Waals surface area contributed by atoms with Crippen LogP contribution < -0.4 is 4.90 Å². The summed E-state index contributed by atoms with van der Waals surface area (Å²) in [6.45, 7) is 2.60. The molecule has 0 aliphatic carbocycles. The van der Waals surface area contributed by atoms with Gasteiger partial charge in [-0.25, -0.2) is 0 Å². The smallest absolute Gasteiger partial charge is 0.180 e. The third-order valence-corrected chi connectivity index (χ3v) is 2.97. The molecule has 0 amide bonds. The first-order valence-corrected chi connectivity index (χ1v) is 6.28. The minimum absolute atomic E-state index is 0.0708. The molecule has 5 nitrogen and oxygen atoms in total. The van der Waals surface area contributed by atoms with Gasteiger partial charge in [0.05, 0.1) is 18.1 Å². The van der Waals surface area contributed by atoms with Crippen molar-refractivity contribution in [2.24, 2.45) is 7.05 Å². The summed E-state index contributed by atoms with van der Waals surface area (Å²) >= 11 is 0. The van der Waals surface area contributed by atoms with Gasteiger partial charge in [0.25, 0.3) is 0 Å². The topological polar surface area (TPSA) is 51.0 Å². The van der Waals surface area contributed by atoms with Gasteiger partial charge in [0, 0.05) is 38.8 Å². The van der Waals surface area contributed by atoms with Gasteiger partial charge in [-0.3, -0.25) is 14.5 Å². The average Bonchev–Trinajstić information content (AvgIpc) is 2.83. The fourth-order valence-electron chi connectivity index (χ4n) is 1.88. The Labute approximate surface area is 112 Å². The molecule has 0 radical (unpaired) electrons. The molecule has 5 heteroatoms. The van der Waals surface area contributed by atoms with Crippen LogP contribution in [0, 0.1) is 0 Å². The second-order valence-electron chi connectivity index (χ2n) is 4.56. The maximum atomic E-state index is 11.5. The number of ketones is 1. The van der Waals surface area contributed by atoms with Crippen LogP contribution in [0.4, 0.5) is 5.69 Å². The van der Waals surface area contributed by atoms with Crippen molar-refractivity contribution in [3.8, 4) is 0 Å². The van der Waals surface area contributed by atoms with Gasteiger partial charge >= 0.3 is 0 Å². The summed E-state index contributed by atoms with van der Waals surface area (Å²) in [6.07, 6.45) is 6.05.